The molecule has 2 aromatic rings. The standard InChI is InChI=1S/C16H20BrN3O/c1-10-9-11(17)7-8-12(10)15-19-16(21-20-15)13-5-3-4-6-14(13)18-2/h7-9,13-14,18H,3-6H2,1-2H3. The minimum Gasteiger partial charge on any atom is -0.339 e. The first-order valence-electron chi connectivity index (χ1n) is 7.46. The third kappa shape index (κ3) is 3.04. The van der Waals surface area contributed by atoms with Crippen molar-refractivity contribution in [2.75, 3.05) is 7.05 Å². The van der Waals surface area contributed by atoms with Gasteiger partial charge in [-0.15, -0.1) is 0 Å². The summed E-state index contributed by atoms with van der Waals surface area (Å²) >= 11 is 3.48. The van der Waals surface area contributed by atoms with Gasteiger partial charge in [0.25, 0.3) is 0 Å². The van der Waals surface area contributed by atoms with E-state index >= 15 is 0 Å². The summed E-state index contributed by atoms with van der Waals surface area (Å²) in [4.78, 5) is 4.66. The van der Waals surface area contributed by atoms with Gasteiger partial charge < -0.3 is 9.84 Å². The zero-order valence-electron chi connectivity index (χ0n) is 12.4. The van der Waals surface area contributed by atoms with Gasteiger partial charge in [-0.25, -0.2) is 0 Å². The molecule has 112 valence electrons. The van der Waals surface area contributed by atoms with Crippen molar-refractivity contribution < 1.29 is 4.52 Å². The van der Waals surface area contributed by atoms with E-state index in [0.717, 1.165) is 27.9 Å². The number of aryl methyl sites for hydroxylation is 1. The van der Waals surface area contributed by atoms with E-state index in [1.54, 1.807) is 0 Å². The molecule has 0 spiro atoms. The fraction of sp³-hybridized carbons (Fsp3) is 0.500. The first kappa shape index (κ1) is 14.7. The van der Waals surface area contributed by atoms with Crippen molar-refractivity contribution in [3.05, 3.63) is 34.1 Å². The predicted octanol–water partition coefficient (Wildman–Crippen LogP) is 4.05. The fourth-order valence-electron chi connectivity index (χ4n) is 3.15. The lowest BCUT2D eigenvalue weighted by Gasteiger charge is -2.28. The van der Waals surface area contributed by atoms with Crippen LogP contribution in [0.2, 0.25) is 0 Å². The van der Waals surface area contributed by atoms with Crippen LogP contribution < -0.4 is 5.32 Å². The van der Waals surface area contributed by atoms with E-state index < -0.39 is 0 Å². The van der Waals surface area contributed by atoms with E-state index in [1.807, 2.05) is 19.2 Å². The number of hydrogen-bond donors (Lipinski definition) is 1. The van der Waals surface area contributed by atoms with Crippen molar-refractivity contribution >= 4 is 15.9 Å². The molecule has 0 saturated heterocycles. The number of halogens is 1. The van der Waals surface area contributed by atoms with Gasteiger partial charge in [-0.3, -0.25) is 0 Å². The number of hydrogen-bond acceptors (Lipinski definition) is 4. The zero-order valence-corrected chi connectivity index (χ0v) is 14.0. The first-order valence-corrected chi connectivity index (χ1v) is 8.25. The maximum Gasteiger partial charge on any atom is 0.231 e. The van der Waals surface area contributed by atoms with Gasteiger partial charge in [0.2, 0.25) is 11.7 Å². The highest BCUT2D eigenvalue weighted by Crippen LogP contribution is 2.33. The van der Waals surface area contributed by atoms with Crippen molar-refractivity contribution in [3.8, 4) is 11.4 Å². The summed E-state index contributed by atoms with van der Waals surface area (Å²) in [6.07, 6.45) is 4.80. The molecule has 1 aliphatic carbocycles. The average molecular weight is 350 g/mol. The molecule has 0 aliphatic heterocycles. The Hall–Kier alpha value is -1.20. The van der Waals surface area contributed by atoms with Gasteiger partial charge in [-0.05, 0) is 50.6 Å². The van der Waals surface area contributed by atoms with Gasteiger partial charge in [0.05, 0.1) is 5.92 Å². The predicted molar refractivity (Wildman–Crippen MR) is 86.2 cm³/mol. The van der Waals surface area contributed by atoms with Crippen LogP contribution in [-0.2, 0) is 0 Å². The molecule has 0 amide bonds. The molecule has 1 aliphatic rings. The van der Waals surface area contributed by atoms with Crippen LogP contribution in [0, 0.1) is 6.92 Å². The first-order chi connectivity index (χ1) is 10.2. The minimum atomic E-state index is 0.334. The maximum absolute atomic E-state index is 5.56. The molecule has 1 aromatic carbocycles. The van der Waals surface area contributed by atoms with E-state index in [2.05, 4.69) is 44.4 Å². The van der Waals surface area contributed by atoms with Crippen LogP contribution in [0.5, 0.6) is 0 Å². The summed E-state index contributed by atoms with van der Waals surface area (Å²) < 4.78 is 6.63. The highest BCUT2D eigenvalue weighted by atomic mass is 79.9. The lowest BCUT2D eigenvalue weighted by atomic mass is 9.84. The van der Waals surface area contributed by atoms with Crippen molar-refractivity contribution in [3.63, 3.8) is 0 Å². The molecule has 1 aromatic heterocycles. The zero-order chi connectivity index (χ0) is 14.8. The summed E-state index contributed by atoms with van der Waals surface area (Å²) in [7, 11) is 2.01. The Kier molecular flexibility index (Phi) is 4.40. The Morgan fingerprint density at radius 3 is 2.86 bits per heavy atom. The molecule has 0 radical (unpaired) electrons. The Bertz CT molecular complexity index is 626. The highest BCUT2D eigenvalue weighted by Gasteiger charge is 2.30. The second-order valence-electron chi connectivity index (χ2n) is 5.70. The number of nitrogens with one attached hydrogen (secondary N) is 1. The van der Waals surface area contributed by atoms with Gasteiger partial charge in [0.1, 0.15) is 0 Å². The van der Waals surface area contributed by atoms with Gasteiger partial charge in [-0.2, -0.15) is 4.98 Å². The quantitative estimate of drug-likeness (QED) is 0.907. The maximum atomic E-state index is 5.56. The molecular formula is C16H20BrN3O. The summed E-state index contributed by atoms with van der Waals surface area (Å²) in [5, 5.41) is 7.58. The van der Waals surface area contributed by atoms with Gasteiger partial charge in [0.15, 0.2) is 0 Å². The lowest BCUT2D eigenvalue weighted by Crippen LogP contribution is -2.34. The van der Waals surface area contributed by atoms with E-state index in [4.69, 9.17) is 4.52 Å². The SMILES string of the molecule is CNC1CCCCC1c1nc(-c2ccc(Br)cc2C)no1. The average Bonchev–Trinajstić information content (AvgIpc) is 2.96. The topological polar surface area (TPSA) is 51.0 Å². The molecule has 3 rings (SSSR count). The van der Waals surface area contributed by atoms with E-state index in [1.165, 1.54) is 19.3 Å². The molecule has 4 nitrogen and oxygen atoms in total. The molecule has 1 N–H and O–H groups in total. The van der Waals surface area contributed by atoms with Crippen LogP contribution in [0.4, 0.5) is 0 Å². The minimum absolute atomic E-state index is 0.334. The molecule has 2 unspecified atom stereocenters. The molecular weight excluding hydrogens is 330 g/mol. The molecule has 1 fully saturated rings. The Balaban J connectivity index is 1.89. The number of nitrogens with zero attached hydrogens (tertiary/aromatic N) is 2. The lowest BCUT2D eigenvalue weighted by molar-refractivity contribution is 0.270. The number of aromatic nitrogens is 2. The molecule has 21 heavy (non-hydrogen) atoms. The smallest absolute Gasteiger partial charge is 0.231 e. The monoisotopic (exact) mass is 349 g/mol. The summed E-state index contributed by atoms with van der Waals surface area (Å²) in [6.45, 7) is 2.06. The second kappa shape index (κ2) is 6.28. The number of likely N-dealkylation sites (N-methyl/N-ethyl adjacent to an activating group) is 1. The molecule has 2 atom stereocenters. The Morgan fingerprint density at radius 1 is 1.29 bits per heavy atom. The van der Waals surface area contributed by atoms with Gasteiger partial charge in [-0.1, -0.05) is 33.9 Å². The highest BCUT2D eigenvalue weighted by molar-refractivity contribution is 9.10. The largest absolute Gasteiger partial charge is 0.339 e. The second-order valence-corrected chi connectivity index (χ2v) is 6.62. The van der Waals surface area contributed by atoms with Crippen LogP contribution in [0.3, 0.4) is 0 Å². The molecule has 0 bridgehead atoms. The van der Waals surface area contributed by atoms with E-state index in [-0.39, 0.29) is 0 Å². The van der Waals surface area contributed by atoms with E-state index in [9.17, 15) is 0 Å². The van der Waals surface area contributed by atoms with Crippen LogP contribution in [-0.4, -0.2) is 23.2 Å². The molecule has 1 heterocycles. The van der Waals surface area contributed by atoms with Crippen LogP contribution in [0.1, 0.15) is 43.1 Å². The number of benzene rings is 1. The van der Waals surface area contributed by atoms with Gasteiger partial charge >= 0.3 is 0 Å². The van der Waals surface area contributed by atoms with E-state index in [0.29, 0.717) is 17.8 Å². The Morgan fingerprint density at radius 2 is 2.10 bits per heavy atom. The van der Waals surface area contributed by atoms with Crippen molar-refractivity contribution in [2.24, 2.45) is 0 Å². The van der Waals surface area contributed by atoms with Crippen molar-refractivity contribution in [2.45, 2.75) is 44.6 Å². The van der Waals surface area contributed by atoms with Crippen LogP contribution in [0.15, 0.2) is 27.2 Å². The third-order valence-corrected chi connectivity index (χ3v) is 4.82. The summed E-state index contributed by atoms with van der Waals surface area (Å²) in [5.74, 6) is 1.79. The molecule has 5 heteroatoms. The van der Waals surface area contributed by atoms with Crippen LogP contribution >= 0.6 is 15.9 Å². The summed E-state index contributed by atoms with van der Waals surface area (Å²) in [5.41, 5.74) is 2.18. The Labute approximate surface area is 133 Å². The van der Waals surface area contributed by atoms with Crippen molar-refractivity contribution in [1.82, 2.24) is 15.5 Å². The number of rotatable bonds is 3. The van der Waals surface area contributed by atoms with Crippen molar-refractivity contribution in [1.29, 1.82) is 0 Å². The summed E-state index contributed by atoms with van der Waals surface area (Å²) in [6, 6.07) is 6.56. The third-order valence-electron chi connectivity index (χ3n) is 4.33. The fourth-order valence-corrected chi connectivity index (χ4v) is 3.62. The van der Waals surface area contributed by atoms with Crippen LogP contribution in [0.25, 0.3) is 11.4 Å². The molecule has 1 saturated carbocycles. The normalized spacial score (nSPS) is 22.4. The van der Waals surface area contributed by atoms with Gasteiger partial charge in [0, 0.05) is 16.1 Å².